The van der Waals surface area contributed by atoms with Crippen LogP contribution in [-0.4, -0.2) is 24.2 Å². The number of rotatable bonds is 4. The Hall–Kier alpha value is -1.84. The maximum absolute atomic E-state index is 11.6. The molecule has 0 saturated carbocycles. The number of benzene rings is 2. The molecular weight excluding hydrogens is 310 g/mol. The smallest absolute Gasteiger partial charge is 0.307 e. The van der Waals surface area contributed by atoms with Crippen molar-refractivity contribution in [3.63, 3.8) is 0 Å². The average molecular weight is 332 g/mol. The Labute approximate surface area is 143 Å². The molecule has 1 aliphatic rings. The lowest BCUT2D eigenvalue weighted by Gasteiger charge is -2.34. The third kappa shape index (κ3) is 4.34. The van der Waals surface area contributed by atoms with E-state index in [4.69, 9.17) is 0 Å². The highest BCUT2D eigenvalue weighted by Crippen LogP contribution is 2.28. The zero-order chi connectivity index (χ0) is 15.4. The van der Waals surface area contributed by atoms with Gasteiger partial charge in [0.1, 0.15) is 6.54 Å². The van der Waals surface area contributed by atoms with E-state index in [-0.39, 0.29) is 24.2 Å². The van der Waals surface area contributed by atoms with Gasteiger partial charge in [0.2, 0.25) is 0 Å². The van der Waals surface area contributed by atoms with Crippen molar-refractivity contribution in [3.8, 4) is 0 Å². The number of carboxylic acids is 1. The molecule has 1 saturated heterocycles. The molecule has 0 spiro atoms. The first kappa shape index (κ1) is 17.5. The summed E-state index contributed by atoms with van der Waals surface area (Å²) in [6, 6.07) is 20.6. The minimum absolute atomic E-state index is 0. The summed E-state index contributed by atoms with van der Waals surface area (Å²) in [7, 11) is 0. The highest BCUT2D eigenvalue weighted by molar-refractivity contribution is 5.71. The first-order valence-corrected chi connectivity index (χ1v) is 7.89. The predicted octanol–water partition coefficient (Wildman–Crippen LogP) is -1.04. The van der Waals surface area contributed by atoms with Gasteiger partial charge < -0.3 is 22.4 Å². The van der Waals surface area contributed by atoms with Crippen molar-refractivity contribution in [3.05, 3.63) is 71.8 Å². The predicted molar refractivity (Wildman–Crippen MR) is 85.8 cm³/mol. The molecular formula is C19H22ClNO2. The molecule has 2 aromatic rings. The lowest BCUT2D eigenvalue weighted by molar-refractivity contribution is -0.921. The van der Waals surface area contributed by atoms with E-state index in [0.717, 1.165) is 31.6 Å². The number of hydrogen-bond acceptors (Lipinski definition) is 1. The molecule has 3 rings (SSSR count). The molecule has 2 aromatic carbocycles. The second kappa shape index (κ2) is 8.14. The number of halogens is 1. The largest absolute Gasteiger partial charge is 1.00 e. The van der Waals surface area contributed by atoms with Crippen LogP contribution in [0.25, 0.3) is 0 Å². The molecule has 1 fully saturated rings. The zero-order valence-electron chi connectivity index (χ0n) is 13.0. The van der Waals surface area contributed by atoms with Crippen LogP contribution in [0.5, 0.6) is 0 Å². The maximum atomic E-state index is 11.6. The summed E-state index contributed by atoms with van der Waals surface area (Å²) in [6.45, 7) is 2.78. The summed E-state index contributed by atoms with van der Waals surface area (Å²) in [5.41, 5.74) is 2.47. The van der Waals surface area contributed by atoms with Gasteiger partial charge in [0.05, 0.1) is 19.0 Å². The van der Waals surface area contributed by atoms with Crippen LogP contribution in [0.15, 0.2) is 60.7 Å². The topological polar surface area (TPSA) is 41.7 Å². The first-order chi connectivity index (χ1) is 10.7. The normalized spacial score (nSPS) is 23.7. The number of aliphatic carboxylic acids is 1. The van der Waals surface area contributed by atoms with E-state index in [2.05, 4.69) is 36.4 Å². The maximum Gasteiger partial charge on any atom is 0.307 e. The Morgan fingerprint density at radius 2 is 1.65 bits per heavy atom. The Kier molecular flexibility index (Phi) is 6.20. The Morgan fingerprint density at radius 1 is 1.04 bits per heavy atom. The average Bonchev–Trinajstić information content (AvgIpc) is 2.56. The SMILES string of the molecule is O=C(O)C1CC[NH+](Cc2ccccc2)CC1c1ccccc1.[Cl-]. The van der Waals surface area contributed by atoms with Gasteiger partial charge in [-0.1, -0.05) is 60.7 Å². The molecule has 122 valence electrons. The van der Waals surface area contributed by atoms with Gasteiger partial charge in [-0.25, -0.2) is 0 Å². The number of piperidine rings is 1. The van der Waals surface area contributed by atoms with Crippen LogP contribution in [0.1, 0.15) is 23.5 Å². The number of likely N-dealkylation sites (tertiary alicyclic amines) is 1. The molecule has 4 heteroatoms. The molecule has 0 radical (unpaired) electrons. The van der Waals surface area contributed by atoms with E-state index in [1.54, 1.807) is 0 Å². The monoisotopic (exact) mass is 331 g/mol. The first-order valence-electron chi connectivity index (χ1n) is 7.89. The number of hydrogen-bond donors (Lipinski definition) is 2. The van der Waals surface area contributed by atoms with Gasteiger partial charge in [-0.15, -0.1) is 0 Å². The standard InChI is InChI=1S/C19H21NO2.ClH/c21-19(22)17-11-12-20(13-15-7-3-1-4-8-15)14-18(17)16-9-5-2-6-10-16;/h1-10,17-18H,11-14H2,(H,21,22);1H. The molecule has 0 aromatic heterocycles. The lowest BCUT2D eigenvalue weighted by atomic mass is 9.80. The number of quaternary nitrogens is 1. The van der Waals surface area contributed by atoms with Crippen LogP contribution < -0.4 is 17.3 Å². The number of carboxylic acid groups (broad SMARTS) is 1. The van der Waals surface area contributed by atoms with Crippen LogP contribution in [0.2, 0.25) is 0 Å². The van der Waals surface area contributed by atoms with Crippen molar-refractivity contribution in [1.82, 2.24) is 0 Å². The van der Waals surface area contributed by atoms with Gasteiger partial charge in [-0.05, 0) is 5.56 Å². The second-order valence-corrected chi connectivity index (χ2v) is 6.12. The van der Waals surface area contributed by atoms with Crippen molar-refractivity contribution >= 4 is 5.97 Å². The summed E-state index contributed by atoms with van der Waals surface area (Å²) >= 11 is 0. The molecule has 2 N–H and O–H groups in total. The fraction of sp³-hybridized carbons (Fsp3) is 0.316. The molecule has 3 atom stereocenters. The Balaban J connectivity index is 0.00000192. The van der Waals surface area contributed by atoms with Gasteiger partial charge >= 0.3 is 5.97 Å². The van der Waals surface area contributed by atoms with Crippen LogP contribution in [-0.2, 0) is 11.3 Å². The molecule has 23 heavy (non-hydrogen) atoms. The quantitative estimate of drug-likeness (QED) is 0.752. The van der Waals surface area contributed by atoms with Gasteiger partial charge in [-0.3, -0.25) is 4.79 Å². The minimum Gasteiger partial charge on any atom is -1.00 e. The van der Waals surface area contributed by atoms with E-state index in [9.17, 15) is 9.90 Å². The fourth-order valence-electron chi connectivity index (χ4n) is 3.51. The third-order valence-corrected chi connectivity index (χ3v) is 4.65. The molecule has 1 heterocycles. The molecule has 0 bridgehead atoms. The van der Waals surface area contributed by atoms with E-state index in [1.807, 2.05) is 24.3 Å². The number of carbonyl (C=O) groups is 1. The second-order valence-electron chi connectivity index (χ2n) is 6.12. The van der Waals surface area contributed by atoms with E-state index in [0.29, 0.717) is 0 Å². The highest BCUT2D eigenvalue weighted by atomic mass is 35.5. The van der Waals surface area contributed by atoms with Crippen molar-refractivity contribution < 1.29 is 27.2 Å². The van der Waals surface area contributed by atoms with Crippen LogP contribution in [0.4, 0.5) is 0 Å². The van der Waals surface area contributed by atoms with Crippen molar-refractivity contribution in [1.29, 1.82) is 0 Å². The lowest BCUT2D eigenvalue weighted by Crippen LogP contribution is -3.12. The summed E-state index contributed by atoms with van der Waals surface area (Å²) in [5.74, 6) is -0.819. The molecule has 0 aliphatic carbocycles. The van der Waals surface area contributed by atoms with Crippen molar-refractivity contribution in [2.75, 3.05) is 13.1 Å². The third-order valence-electron chi connectivity index (χ3n) is 4.65. The number of nitrogens with one attached hydrogen (secondary N) is 1. The van der Waals surface area contributed by atoms with Gasteiger partial charge in [-0.2, -0.15) is 0 Å². The molecule has 1 aliphatic heterocycles. The Morgan fingerprint density at radius 3 is 2.26 bits per heavy atom. The Bertz CT molecular complexity index is 618. The van der Waals surface area contributed by atoms with Gasteiger partial charge in [0, 0.05) is 17.9 Å². The molecule has 3 nitrogen and oxygen atoms in total. The van der Waals surface area contributed by atoms with Crippen molar-refractivity contribution in [2.24, 2.45) is 5.92 Å². The highest BCUT2D eigenvalue weighted by Gasteiger charge is 2.37. The van der Waals surface area contributed by atoms with Crippen molar-refractivity contribution in [2.45, 2.75) is 18.9 Å². The summed E-state index contributed by atoms with van der Waals surface area (Å²) in [6.07, 6.45) is 0.747. The van der Waals surface area contributed by atoms with E-state index >= 15 is 0 Å². The summed E-state index contributed by atoms with van der Waals surface area (Å²) < 4.78 is 0. The summed E-state index contributed by atoms with van der Waals surface area (Å²) in [4.78, 5) is 13.1. The minimum atomic E-state index is -0.660. The van der Waals surface area contributed by atoms with Crippen LogP contribution in [0.3, 0.4) is 0 Å². The van der Waals surface area contributed by atoms with Crippen LogP contribution >= 0.6 is 0 Å². The molecule has 0 amide bonds. The van der Waals surface area contributed by atoms with Gasteiger partial charge in [0.25, 0.3) is 0 Å². The fourth-order valence-corrected chi connectivity index (χ4v) is 3.51. The summed E-state index contributed by atoms with van der Waals surface area (Å²) in [5, 5.41) is 9.54. The zero-order valence-corrected chi connectivity index (χ0v) is 13.7. The van der Waals surface area contributed by atoms with E-state index < -0.39 is 5.97 Å². The van der Waals surface area contributed by atoms with Gasteiger partial charge in [0.15, 0.2) is 0 Å². The van der Waals surface area contributed by atoms with Crippen LogP contribution in [0, 0.1) is 5.92 Å². The molecule has 3 unspecified atom stereocenters. The van der Waals surface area contributed by atoms with E-state index in [1.165, 1.54) is 10.5 Å².